The molecule has 0 bridgehead atoms. The lowest BCUT2D eigenvalue weighted by Crippen LogP contribution is -2.45. The lowest BCUT2D eigenvalue weighted by Gasteiger charge is -2.20. The second-order valence-electron chi connectivity index (χ2n) is 26.0. The number of nitrogens with one attached hydrogen (secondary N) is 1. The molecule has 84 heavy (non-hydrogen) atoms. The highest BCUT2D eigenvalue weighted by Gasteiger charge is 2.18. The van der Waals surface area contributed by atoms with Gasteiger partial charge in [-0.3, -0.25) is 9.59 Å². The van der Waals surface area contributed by atoms with Gasteiger partial charge in [0.1, 0.15) is 0 Å². The third-order valence-corrected chi connectivity index (χ3v) is 17.6. The van der Waals surface area contributed by atoms with Gasteiger partial charge in [-0.2, -0.15) is 0 Å². The molecule has 494 valence electrons. The van der Waals surface area contributed by atoms with Crippen molar-refractivity contribution in [2.24, 2.45) is 0 Å². The summed E-state index contributed by atoms with van der Waals surface area (Å²) in [5, 5.41) is 23.1. The van der Waals surface area contributed by atoms with E-state index in [0.29, 0.717) is 19.4 Å². The van der Waals surface area contributed by atoms with Crippen LogP contribution in [0.1, 0.15) is 412 Å². The van der Waals surface area contributed by atoms with Crippen LogP contribution in [0.4, 0.5) is 0 Å². The van der Waals surface area contributed by atoms with Crippen molar-refractivity contribution in [3.8, 4) is 0 Å². The summed E-state index contributed by atoms with van der Waals surface area (Å²) in [7, 11) is 0. The number of ether oxygens (including phenoxy) is 1. The predicted molar refractivity (Wildman–Crippen MR) is 370 cm³/mol. The Kier molecular flexibility index (Phi) is 71.4. The van der Waals surface area contributed by atoms with E-state index in [9.17, 15) is 19.8 Å². The zero-order valence-electron chi connectivity index (χ0n) is 56.6. The molecule has 6 nitrogen and oxygen atoms in total. The molecule has 0 saturated carbocycles. The minimum Gasteiger partial charge on any atom is -0.466 e. The van der Waals surface area contributed by atoms with Crippen molar-refractivity contribution in [3.05, 3.63) is 48.6 Å². The Morgan fingerprint density at radius 2 is 0.595 bits per heavy atom. The summed E-state index contributed by atoms with van der Waals surface area (Å²) in [5.41, 5.74) is 0. The number of hydrogen-bond acceptors (Lipinski definition) is 5. The molecule has 0 radical (unpaired) electrons. The minimum atomic E-state index is -0.840. The molecule has 6 heteroatoms. The van der Waals surface area contributed by atoms with Gasteiger partial charge in [-0.1, -0.05) is 358 Å². The van der Waals surface area contributed by atoms with E-state index < -0.39 is 12.1 Å². The summed E-state index contributed by atoms with van der Waals surface area (Å²) in [4.78, 5) is 24.5. The zero-order chi connectivity index (χ0) is 60.6. The van der Waals surface area contributed by atoms with Gasteiger partial charge in [0.25, 0.3) is 0 Å². The van der Waals surface area contributed by atoms with Crippen LogP contribution in [-0.2, 0) is 14.3 Å². The first kappa shape index (κ1) is 81.8. The standard InChI is InChI=1S/C78H147NO5/c1-3-5-7-9-11-13-15-17-18-45-48-52-56-60-64-68-72-78(83)84-73-69-65-61-57-53-49-46-43-41-39-37-35-33-31-29-27-25-23-21-19-20-22-24-26-28-30-32-34-36-38-40-42-44-47-51-55-59-63-67-71-77(82)79-75(74-80)76(81)70-66-62-58-54-50-16-14-12-10-8-6-4-2/h13,15,18-20,45,66,70,75-76,80-81H,3-12,14,16-17,21-44,46-65,67-69,71-74H2,1-2H3,(H,79,82)/b15-13-,20-19-,45-18-,70-66+. The summed E-state index contributed by atoms with van der Waals surface area (Å²) in [6, 6.07) is -0.624. The largest absolute Gasteiger partial charge is 0.466 e. The number of carbonyl (C=O) groups is 2. The van der Waals surface area contributed by atoms with Gasteiger partial charge in [-0.15, -0.1) is 0 Å². The number of esters is 1. The maximum atomic E-state index is 12.5. The second-order valence-corrected chi connectivity index (χ2v) is 26.0. The molecule has 0 spiro atoms. The third-order valence-electron chi connectivity index (χ3n) is 17.6. The summed E-state index contributed by atoms with van der Waals surface area (Å²) >= 11 is 0. The topological polar surface area (TPSA) is 95.9 Å². The number of carbonyl (C=O) groups excluding carboxylic acids is 2. The van der Waals surface area contributed by atoms with Crippen LogP contribution in [0.2, 0.25) is 0 Å². The maximum absolute atomic E-state index is 12.5. The lowest BCUT2D eigenvalue weighted by molar-refractivity contribution is -0.143. The van der Waals surface area contributed by atoms with Gasteiger partial charge in [0, 0.05) is 12.8 Å². The molecule has 1 amide bonds. The highest BCUT2D eigenvalue weighted by molar-refractivity contribution is 5.76. The van der Waals surface area contributed by atoms with Gasteiger partial charge < -0.3 is 20.3 Å². The summed E-state index contributed by atoms with van der Waals surface area (Å²) < 4.78 is 5.50. The quantitative estimate of drug-likeness (QED) is 0.0320. The second kappa shape index (κ2) is 73.3. The van der Waals surface area contributed by atoms with Crippen molar-refractivity contribution < 1.29 is 24.5 Å². The Morgan fingerprint density at radius 3 is 0.929 bits per heavy atom. The van der Waals surface area contributed by atoms with Crippen molar-refractivity contribution in [3.63, 3.8) is 0 Å². The molecule has 0 aliphatic rings. The fourth-order valence-corrected chi connectivity index (χ4v) is 11.8. The molecule has 0 fully saturated rings. The van der Waals surface area contributed by atoms with Crippen molar-refractivity contribution >= 4 is 11.9 Å². The Bertz CT molecular complexity index is 1400. The Balaban J connectivity index is 3.32. The lowest BCUT2D eigenvalue weighted by atomic mass is 10.0. The van der Waals surface area contributed by atoms with E-state index in [-0.39, 0.29) is 18.5 Å². The molecule has 0 saturated heterocycles. The highest BCUT2D eigenvalue weighted by atomic mass is 16.5. The molecule has 0 aromatic rings. The first-order valence-electron chi connectivity index (χ1n) is 37.9. The maximum Gasteiger partial charge on any atom is 0.305 e. The van der Waals surface area contributed by atoms with Gasteiger partial charge in [0.15, 0.2) is 0 Å². The molecule has 0 aliphatic carbocycles. The molecule has 0 heterocycles. The Morgan fingerprint density at radius 1 is 0.333 bits per heavy atom. The normalized spacial score (nSPS) is 12.8. The van der Waals surface area contributed by atoms with Crippen LogP contribution in [0.5, 0.6) is 0 Å². The fourth-order valence-electron chi connectivity index (χ4n) is 11.8. The van der Waals surface area contributed by atoms with E-state index in [0.717, 1.165) is 51.4 Å². The molecule has 2 unspecified atom stereocenters. The van der Waals surface area contributed by atoms with Crippen LogP contribution in [0.15, 0.2) is 48.6 Å². The molecule has 0 rings (SSSR count). The molecule has 3 N–H and O–H groups in total. The first-order valence-corrected chi connectivity index (χ1v) is 37.9. The Hall–Kier alpha value is -2.18. The number of aliphatic hydroxyl groups excluding tert-OH is 2. The van der Waals surface area contributed by atoms with E-state index in [2.05, 4.69) is 55.6 Å². The van der Waals surface area contributed by atoms with Gasteiger partial charge >= 0.3 is 5.97 Å². The molecule has 0 aromatic carbocycles. The van der Waals surface area contributed by atoms with E-state index >= 15 is 0 Å². The van der Waals surface area contributed by atoms with E-state index in [1.807, 2.05) is 6.08 Å². The van der Waals surface area contributed by atoms with Crippen LogP contribution in [-0.4, -0.2) is 47.4 Å². The molecule has 0 aliphatic heterocycles. The zero-order valence-corrected chi connectivity index (χ0v) is 56.6. The van der Waals surface area contributed by atoms with E-state index in [1.54, 1.807) is 6.08 Å². The van der Waals surface area contributed by atoms with E-state index in [4.69, 9.17) is 4.74 Å². The average molecular weight is 1180 g/mol. The van der Waals surface area contributed by atoms with Crippen molar-refractivity contribution in [1.29, 1.82) is 0 Å². The van der Waals surface area contributed by atoms with Gasteiger partial charge in [0.2, 0.25) is 5.91 Å². The number of amides is 1. The Labute approximate surface area is 525 Å². The average Bonchev–Trinajstić information content (AvgIpc) is 3.50. The summed E-state index contributed by atoms with van der Waals surface area (Å²) in [5.74, 6) is -0.0539. The van der Waals surface area contributed by atoms with Crippen molar-refractivity contribution in [2.75, 3.05) is 13.2 Å². The van der Waals surface area contributed by atoms with Crippen molar-refractivity contribution in [1.82, 2.24) is 5.32 Å². The van der Waals surface area contributed by atoms with Crippen LogP contribution in [0, 0.1) is 0 Å². The SMILES string of the molecule is CCCCCC/C=C\C/C=C\CCCCCCCC(=O)OCCCCCCCCCCCCCCCCCCCC/C=C\CCCCCCCCCCCCCCCCCCCC(=O)NC(CO)C(O)/C=C/CCCCCCCCCCCC. The smallest absolute Gasteiger partial charge is 0.305 e. The van der Waals surface area contributed by atoms with Crippen LogP contribution in [0.3, 0.4) is 0 Å². The molecule has 0 aromatic heterocycles. The number of unbranched alkanes of at least 4 members (excludes halogenated alkanes) is 54. The highest BCUT2D eigenvalue weighted by Crippen LogP contribution is 2.19. The summed E-state index contributed by atoms with van der Waals surface area (Å²) in [6.45, 7) is 4.90. The minimum absolute atomic E-state index is 0.00895. The monoisotopic (exact) mass is 1180 g/mol. The van der Waals surface area contributed by atoms with Gasteiger partial charge in [0.05, 0.1) is 25.4 Å². The van der Waals surface area contributed by atoms with Crippen molar-refractivity contribution in [2.45, 2.75) is 424 Å². The van der Waals surface area contributed by atoms with Gasteiger partial charge in [-0.25, -0.2) is 0 Å². The fraction of sp³-hybridized carbons (Fsp3) is 0.872. The van der Waals surface area contributed by atoms with Gasteiger partial charge in [-0.05, 0) is 89.9 Å². The number of rotatable bonds is 71. The van der Waals surface area contributed by atoms with Crippen LogP contribution < -0.4 is 5.32 Å². The number of aliphatic hydroxyl groups is 2. The summed E-state index contributed by atoms with van der Waals surface area (Å²) in [6.07, 6.45) is 96.6. The molecular weight excluding hydrogens is 1030 g/mol. The number of allylic oxidation sites excluding steroid dienone is 7. The number of hydrogen-bond donors (Lipinski definition) is 3. The van der Waals surface area contributed by atoms with E-state index in [1.165, 1.54) is 334 Å². The predicted octanol–water partition coefficient (Wildman–Crippen LogP) is 24.8. The third kappa shape index (κ3) is 68.9. The van der Waals surface area contributed by atoms with Crippen LogP contribution >= 0.6 is 0 Å². The first-order chi connectivity index (χ1) is 41.5. The van der Waals surface area contributed by atoms with Crippen LogP contribution in [0.25, 0.3) is 0 Å². The molecular formula is C78H147NO5. The molecule has 2 atom stereocenters.